The number of hydrogen-bond donors (Lipinski definition) is 0. The number of ether oxygens (including phenoxy) is 1. The lowest BCUT2D eigenvalue weighted by atomic mass is 9.84. The molecule has 0 bridgehead atoms. The molecule has 5 nitrogen and oxygen atoms in total. The number of rotatable bonds is 2. The summed E-state index contributed by atoms with van der Waals surface area (Å²) in [5.74, 6) is 4.33. The van der Waals surface area contributed by atoms with Crippen LogP contribution in [0.5, 0.6) is 5.75 Å². The molecule has 6 rings (SSSR count). The number of anilines is 1. The van der Waals surface area contributed by atoms with Crippen LogP contribution in [-0.4, -0.2) is 21.8 Å². The number of halogens is 1. The molecule has 6 heteroatoms. The summed E-state index contributed by atoms with van der Waals surface area (Å²) in [7, 11) is 2.04. The second kappa shape index (κ2) is 7.65. The Labute approximate surface area is 200 Å². The van der Waals surface area contributed by atoms with Crippen LogP contribution in [0.1, 0.15) is 34.4 Å². The van der Waals surface area contributed by atoms with Crippen molar-refractivity contribution in [2.45, 2.75) is 12.1 Å². The third-order valence-corrected chi connectivity index (χ3v) is 6.77. The van der Waals surface area contributed by atoms with Gasteiger partial charge in [-0.3, -0.25) is 0 Å². The normalized spacial score (nSPS) is 18.6. The van der Waals surface area contributed by atoms with Gasteiger partial charge in [-0.05, 0) is 47.5 Å². The molecule has 2 aliphatic rings. The maximum Gasteiger partial charge on any atom is 0.229 e. The maximum absolute atomic E-state index is 6.67. The number of nitrogens with zero attached hydrogens (tertiary/aromatic N) is 4. The van der Waals surface area contributed by atoms with Crippen LogP contribution in [0.2, 0.25) is 0 Å². The van der Waals surface area contributed by atoms with Gasteiger partial charge in [0, 0.05) is 28.2 Å². The number of aromatic nitrogens is 3. The number of terminal acetylenes is 1. The van der Waals surface area contributed by atoms with Crippen LogP contribution in [0, 0.1) is 12.3 Å². The summed E-state index contributed by atoms with van der Waals surface area (Å²) in [6.45, 7) is 0. The van der Waals surface area contributed by atoms with E-state index in [0.717, 1.165) is 49.7 Å². The van der Waals surface area contributed by atoms with Crippen molar-refractivity contribution in [2.75, 3.05) is 11.9 Å². The molecule has 2 atom stereocenters. The van der Waals surface area contributed by atoms with Gasteiger partial charge in [0.05, 0.1) is 5.70 Å². The van der Waals surface area contributed by atoms with Crippen molar-refractivity contribution < 1.29 is 4.74 Å². The highest BCUT2D eigenvalue weighted by Crippen LogP contribution is 2.52. The molecule has 0 saturated carbocycles. The van der Waals surface area contributed by atoms with Crippen LogP contribution in [0.25, 0.3) is 5.70 Å². The number of fused-ring (bicyclic) bond motifs is 3. The van der Waals surface area contributed by atoms with Gasteiger partial charge in [0.2, 0.25) is 5.95 Å². The summed E-state index contributed by atoms with van der Waals surface area (Å²) < 4.78 is 9.67. The van der Waals surface area contributed by atoms with E-state index >= 15 is 0 Å². The van der Waals surface area contributed by atoms with E-state index in [4.69, 9.17) is 11.2 Å². The average Bonchev–Trinajstić information content (AvgIpc) is 3.35. The molecule has 0 fully saturated rings. The Morgan fingerprint density at radius 2 is 1.70 bits per heavy atom. The van der Waals surface area contributed by atoms with E-state index in [1.807, 2.05) is 54.2 Å². The zero-order valence-electron chi connectivity index (χ0n) is 17.8. The van der Waals surface area contributed by atoms with E-state index in [2.05, 4.69) is 67.2 Å². The van der Waals surface area contributed by atoms with Crippen LogP contribution < -0.4 is 9.64 Å². The lowest BCUT2D eigenvalue weighted by molar-refractivity contribution is 0.222. The van der Waals surface area contributed by atoms with Crippen LogP contribution in [0.15, 0.2) is 89.2 Å². The van der Waals surface area contributed by atoms with E-state index in [1.54, 1.807) is 6.33 Å². The predicted molar refractivity (Wildman–Crippen MR) is 132 cm³/mol. The average molecular weight is 495 g/mol. The lowest BCUT2D eigenvalue weighted by Crippen LogP contribution is -2.37. The van der Waals surface area contributed by atoms with Crippen LogP contribution >= 0.6 is 15.9 Å². The molecule has 160 valence electrons. The van der Waals surface area contributed by atoms with Gasteiger partial charge in [-0.1, -0.05) is 58.2 Å². The van der Waals surface area contributed by atoms with Crippen LogP contribution in [-0.2, 0) is 0 Å². The van der Waals surface area contributed by atoms with Crippen molar-refractivity contribution in [3.05, 3.63) is 111 Å². The highest BCUT2D eigenvalue weighted by Gasteiger charge is 2.42. The number of hydrogen-bond acceptors (Lipinski definition) is 4. The summed E-state index contributed by atoms with van der Waals surface area (Å²) in [5.41, 5.74) is 6.24. The predicted octanol–water partition coefficient (Wildman–Crippen LogP) is 5.61. The Balaban J connectivity index is 1.64. The molecule has 0 radical (unpaired) electrons. The van der Waals surface area contributed by atoms with Crippen molar-refractivity contribution in [3.63, 3.8) is 0 Å². The molecule has 3 heterocycles. The fraction of sp³-hybridized carbons (Fsp3) is 0.111. The summed E-state index contributed by atoms with van der Waals surface area (Å²) >= 11 is 3.56. The maximum atomic E-state index is 6.67. The molecule has 33 heavy (non-hydrogen) atoms. The van der Waals surface area contributed by atoms with E-state index in [9.17, 15) is 0 Å². The van der Waals surface area contributed by atoms with E-state index < -0.39 is 0 Å². The molecule has 0 saturated heterocycles. The van der Waals surface area contributed by atoms with Gasteiger partial charge >= 0.3 is 0 Å². The summed E-state index contributed by atoms with van der Waals surface area (Å²) in [4.78, 5) is 6.70. The van der Waals surface area contributed by atoms with Crippen molar-refractivity contribution >= 4 is 27.6 Å². The smallest absolute Gasteiger partial charge is 0.229 e. The first-order valence-electron chi connectivity index (χ1n) is 10.6. The fourth-order valence-electron chi connectivity index (χ4n) is 4.75. The van der Waals surface area contributed by atoms with Gasteiger partial charge in [0.25, 0.3) is 0 Å². The largest absolute Gasteiger partial charge is 0.480 e. The molecule has 0 aliphatic carbocycles. The Kier molecular flexibility index (Phi) is 4.60. The van der Waals surface area contributed by atoms with Gasteiger partial charge in [-0.15, -0.1) is 6.42 Å². The molecule has 0 N–H and O–H groups in total. The molecular weight excluding hydrogens is 476 g/mol. The minimum atomic E-state index is -0.310. The quantitative estimate of drug-likeness (QED) is 0.340. The second-order valence-corrected chi connectivity index (χ2v) is 9.00. The van der Waals surface area contributed by atoms with E-state index in [-0.39, 0.29) is 12.1 Å². The summed E-state index contributed by atoms with van der Waals surface area (Å²) in [6.07, 6.45) is 6.90. The highest BCUT2D eigenvalue weighted by atomic mass is 79.9. The SMILES string of the molecule is C#Cc1ccc([C@H]2Oc3ccccc3C3=C2[C@H](c2ccc(Br)cc2)n2ncnc2N3C)cc1. The molecule has 0 unspecified atom stereocenters. The first kappa shape index (κ1) is 19.8. The lowest BCUT2D eigenvalue weighted by Gasteiger charge is -2.42. The van der Waals surface area contributed by atoms with Gasteiger partial charge in [0.15, 0.2) is 0 Å². The van der Waals surface area contributed by atoms with Gasteiger partial charge in [-0.2, -0.15) is 10.1 Å². The van der Waals surface area contributed by atoms with Gasteiger partial charge in [0.1, 0.15) is 24.2 Å². The van der Waals surface area contributed by atoms with Crippen molar-refractivity contribution in [1.82, 2.24) is 14.8 Å². The number of para-hydroxylation sites is 1. The van der Waals surface area contributed by atoms with E-state index in [1.165, 1.54) is 0 Å². The Hall–Kier alpha value is -3.82. The fourth-order valence-corrected chi connectivity index (χ4v) is 5.01. The summed E-state index contributed by atoms with van der Waals surface area (Å²) in [5, 5.41) is 4.63. The zero-order chi connectivity index (χ0) is 22.5. The Bertz CT molecular complexity index is 1430. The zero-order valence-corrected chi connectivity index (χ0v) is 19.4. The van der Waals surface area contributed by atoms with Gasteiger partial charge in [-0.25, -0.2) is 4.68 Å². The third-order valence-electron chi connectivity index (χ3n) is 6.24. The monoisotopic (exact) mass is 494 g/mol. The van der Waals surface area contributed by atoms with Crippen LogP contribution in [0.3, 0.4) is 0 Å². The minimum absolute atomic E-state index is 0.174. The molecule has 3 aromatic carbocycles. The third kappa shape index (κ3) is 3.08. The first-order valence-corrected chi connectivity index (χ1v) is 11.4. The minimum Gasteiger partial charge on any atom is -0.480 e. The topological polar surface area (TPSA) is 43.2 Å². The van der Waals surface area contributed by atoms with Crippen LogP contribution in [0.4, 0.5) is 5.95 Å². The van der Waals surface area contributed by atoms with Gasteiger partial charge < -0.3 is 9.64 Å². The number of benzene rings is 3. The van der Waals surface area contributed by atoms with Crippen molar-refractivity contribution in [2.24, 2.45) is 0 Å². The molecule has 1 aromatic heterocycles. The highest BCUT2D eigenvalue weighted by molar-refractivity contribution is 9.10. The Morgan fingerprint density at radius 1 is 0.970 bits per heavy atom. The van der Waals surface area contributed by atoms with Crippen molar-refractivity contribution in [1.29, 1.82) is 0 Å². The standard InChI is InChI=1S/C27H19BrN4O/c1-3-17-8-10-19(11-9-17)26-23-24(18-12-14-20(28)15-13-18)32-27(29-16-30-32)31(2)25(23)21-6-4-5-7-22(21)33-26/h1,4-16,24,26H,2H3/t24-,26+/m0/s1. The molecular formula is C27H19BrN4O. The molecule has 4 aromatic rings. The van der Waals surface area contributed by atoms with Crippen molar-refractivity contribution in [3.8, 4) is 18.1 Å². The molecule has 0 spiro atoms. The molecule has 2 aliphatic heterocycles. The second-order valence-electron chi connectivity index (χ2n) is 8.08. The van der Waals surface area contributed by atoms with E-state index in [0.29, 0.717) is 0 Å². The summed E-state index contributed by atoms with van der Waals surface area (Å²) in [6, 6.07) is 24.4. The molecule has 0 amide bonds. The first-order chi connectivity index (χ1) is 16.2. The Morgan fingerprint density at radius 3 is 2.45 bits per heavy atom.